The van der Waals surface area contributed by atoms with Gasteiger partial charge < -0.3 is 10.3 Å². The van der Waals surface area contributed by atoms with Gasteiger partial charge in [-0.15, -0.1) is 0 Å². The number of benzene rings is 1. The first-order valence-corrected chi connectivity index (χ1v) is 7.08. The predicted octanol–water partition coefficient (Wildman–Crippen LogP) is 1.45. The normalized spacial score (nSPS) is 11.9. The van der Waals surface area contributed by atoms with E-state index in [4.69, 9.17) is 0 Å². The van der Waals surface area contributed by atoms with Crippen molar-refractivity contribution >= 4 is 5.91 Å². The minimum atomic E-state index is -0.403. The predicted molar refractivity (Wildman–Crippen MR) is 84.3 cm³/mol. The third kappa shape index (κ3) is 3.18. The van der Waals surface area contributed by atoms with Gasteiger partial charge in [0, 0.05) is 18.5 Å². The molecule has 2 N–H and O–H groups in total. The zero-order valence-corrected chi connectivity index (χ0v) is 12.4. The summed E-state index contributed by atoms with van der Waals surface area (Å²) in [5.74, 6) is -0.403. The SMILES string of the molecule is C[C@@H](NC(=O)c1c[nH]ccc1=O)c1ccc(-n2cncn2)cc1. The summed E-state index contributed by atoms with van der Waals surface area (Å²) in [6.07, 6.45) is 5.97. The van der Waals surface area contributed by atoms with Crippen molar-refractivity contribution in [2.24, 2.45) is 0 Å². The van der Waals surface area contributed by atoms with E-state index in [9.17, 15) is 9.59 Å². The smallest absolute Gasteiger partial charge is 0.257 e. The van der Waals surface area contributed by atoms with Gasteiger partial charge >= 0.3 is 0 Å². The largest absolute Gasteiger partial charge is 0.367 e. The van der Waals surface area contributed by atoms with Gasteiger partial charge in [-0.05, 0) is 24.6 Å². The summed E-state index contributed by atoms with van der Waals surface area (Å²) in [5, 5.41) is 6.87. The summed E-state index contributed by atoms with van der Waals surface area (Å²) >= 11 is 0. The molecule has 2 aromatic heterocycles. The molecule has 0 saturated carbocycles. The number of hydrogen-bond donors (Lipinski definition) is 2. The fraction of sp³-hybridized carbons (Fsp3) is 0.125. The van der Waals surface area contributed by atoms with Crippen LogP contribution in [0, 0.1) is 0 Å². The van der Waals surface area contributed by atoms with Crippen LogP contribution in [0.15, 0.2) is 60.2 Å². The van der Waals surface area contributed by atoms with Crippen molar-refractivity contribution < 1.29 is 4.79 Å². The Morgan fingerprint density at radius 2 is 2.04 bits per heavy atom. The zero-order valence-electron chi connectivity index (χ0n) is 12.4. The van der Waals surface area contributed by atoms with Gasteiger partial charge in [-0.1, -0.05) is 12.1 Å². The molecule has 2 heterocycles. The lowest BCUT2D eigenvalue weighted by molar-refractivity contribution is 0.0938. The van der Waals surface area contributed by atoms with Crippen LogP contribution in [0.1, 0.15) is 28.9 Å². The molecule has 0 aliphatic heterocycles. The summed E-state index contributed by atoms with van der Waals surface area (Å²) < 4.78 is 1.65. The van der Waals surface area contributed by atoms with Crippen molar-refractivity contribution in [3.8, 4) is 5.69 Å². The molecule has 0 aliphatic rings. The van der Waals surface area contributed by atoms with E-state index < -0.39 is 5.91 Å². The van der Waals surface area contributed by atoms with Gasteiger partial charge in [0.2, 0.25) is 0 Å². The van der Waals surface area contributed by atoms with Crippen LogP contribution in [0.2, 0.25) is 0 Å². The summed E-state index contributed by atoms with van der Waals surface area (Å²) in [5.41, 5.74) is 1.59. The molecule has 0 bridgehead atoms. The first-order chi connectivity index (χ1) is 11.1. The number of H-pyrrole nitrogens is 1. The van der Waals surface area contributed by atoms with Crippen molar-refractivity contribution in [1.82, 2.24) is 25.1 Å². The van der Waals surface area contributed by atoms with E-state index in [1.54, 1.807) is 11.0 Å². The molecule has 1 aromatic carbocycles. The number of nitrogens with zero attached hydrogens (tertiary/aromatic N) is 3. The minimum absolute atomic E-state index is 0.0959. The maximum Gasteiger partial charge on any atom is 0.257 e. The van der Waals surface area contributed by atoms with E-state index >= 15 is 0 Å². The summed E-state index contributed by atoms with van der Waals surface area (Å²) in [6, 6.07) is 8.68. The van der Waals surface area contributed by atoms with Crippen molar-refractivity contribution in [1.29, 1.82) is 0 Å². The maximum atomic E-state index is 12.1. The van der Waals surface area contributed by atoms with Crippen LogP contribution in [0.5, 0.6) is 0 Å². The summed E-state index contributed by atoms with van der Waals surface area (Å²) in [6.45, 7) is 1.86. The highest BCUT2D eigenvalue weighted by Crippen LogP contribution is 2.15. The first-order valence-electron chi connectivity index (χ1n) is 7.08. The Kier molecular flexibility index (Phi) is 4.01. The zero-order chi connectivity index (χ0) is 16.2. The number of aromatic nitrogens is 4. The quantitative estimate of drug-likeness (QED) is 0.763. The molecule has 3 rings (SSSR count). The van der Waals surface area contributed by atoms with Gasteiger partial charge in [0.15, 0.2) is 5.43 Å². The van der Waals surface area contributed by atoms with Crippen LogP contribution >= 0.6 is 0 Å². The Morgan fingerprint density at radius 3 is 2.70 bits per heavy atom. The minimum Gasteiger partial charge on any atom is -0.367 e. The maximum absolute atomic E-state index is 12.1. The molecule has 116 valence electrons. The molecule has 23 heavy (non-hydrogen) atoms. The first kappa shape index (κ1) is 14.7. The van der Waals surface area contributed by atoms with Crippen LogP contribution in [0.25, 0.3) is 5.69 Å². The summed E-state index contributed by atoms with van der Waals surface area (Å²) in [4.78, 5) is 30.4. The van der Waals surface area contributed by atoms with E-state index in [-0.39, 0.29) is 17.0 Å². The molecule has 0 radical (unpaired) electrons. The van der Waals surface area contributed by atoms with Crippen molar-refractivity contribution in [2.75, 3.05) is 0 Å². The van der Waals surface area contributed by atoms with E-state index in [0.717, 1.165) is 11.3 Å². The van der Waals surface area contributed by atoms with Crippen LogP contribution < -0.4 is 10.7 Å². The van der Waals surface area contributed by atoms with Gasteiger partial charge in [-0.2, -0.15) is 5.10 Å². The van der Waals surface area contributed by atoms with Crippen molar-refractivity contribution in [3.05, 3.63) is 76.7 Å². The number of amides is 1. The number of rotatable bonds is 4. The van der Waals surface area contributed by atoms with Gasteiger partial charge in [0.05, 0.1) is 11.7 Å². The average molecular weight is 309 g/mol. The molecule has 0 aliphatic carbocycles. The third-order valence-corrected chi connectivity index (χ3v) is 3.49. The van der Waals surface area contributed by atoms with Crippen LogP contribution in [0.3, 0.4) is 0 Å². The highest BCUT2D eigenvalue weighted by atomic mass is 16.2. The molecule has 1 amide bonds. The molecule has 7 nitrogen and oxygen atoms in total. The van der Waals surface area contributed by atoms with E-state index in [0.29, 0.717) is 0 Å². The van der Waals surface area contributed by atoms with Crippen molar-refractivity contribution in [2.45, 2.75) is 13.0 Å². The third-order valence-electron chi connectivity index (χ3n) is 3.49. The molecule has 0 unspecified atom stereocenters. The molecule has 0 spiro atoms. The van der Waals surface area contributed by atoms with Crippen LogP contribution in [-0.4, -0.2) is 25.7 Å². The lowest BCUT2D eigenvalue weighted by Crippen LogP contribution is -2.30. The van der Waals surface area contributed by atoms with Gasteiger partial charge in [-0.25, -0.2) is 9.67 Å². The number of aromatic amines is 1. The Labute approximate surface area is 132 Å². The lowest BCUT2D eigenvalue weighted by Gasteiger charge is -2.14. The van der Waals surface area contributed by atoms with Crippen LogP contribution in [-0.2, 0) is 0 Å². The molecule has 1 atom stereocenters. The molecule has 0 saturated heterocycles. The van der Waals surface area contributed by atoms with Gasteiger partial charge in [-0.3, -0.25) is 9.59 Å². The number of hydrogen-bond acceptors (Lipinski definition) is 4. The second-order valence-corrected chi connectivity index (χ2v) is 5.05. The van der Waals surface area contributed by atoms with Gasteiger partial charge in [0.25, 0.3) is 5.91 Å². The highest BCUT2D eigenvalue weighted by Gasteiger charge is 2.14. The number of carbonyl (C=O) groups is 1. The monoisotopic (exact) mass is 309 g/mol. The number of carbonyl (C=O) groups excluding carboxylic acids is 1. The van der Waals surface area contributed by atoms with Crippen LogP contribution in [0.4, 0.5) is 0 Å². The Balaban J connectivity index is 1.73. The van der Waals surface area contributed by atoms with Gasteiger partial charge in [0.1, 0.15) is 18.2 Å². The Hall–Kier alpha value is -3.22. The fourth-order valence-corrected chi connectivity index (χ4v) is 2.21. The lowest BCUT2D eigenvalue weighted by atomic mass is 10.1. The second kappa shape index (κ2) is 6.27. The molecule has 0 fully saturated rings. The molecule has 3 aromatic rings. The average Bonchev–Trinajstić information content (AvgIpc) is 3.09. The Morgan fingerprint density at radius 1 is 1.26 bits per heavy atom. The topological polar surface area (TPSA) is 92.7 Å². The Bertz CT molecular complexity index is 853. The molecular formula is C16H15N5O2. The number of pyridine rings is 1. The van der Waals surface area contributed by atoms with Crippen molar-refractivity contribution in [3.63, 3.8) is 0 Å². The highest BCUT2D eigenvalue weighted by molar-refractivity contribution is 5.93. The van der Waals surface area contributed by atoms with E-state index in [1.165, 1.54) is 24.8 Å². The van der Waals surface area contributed by atoms with E-state index in [2.05, 4.69) is 20.4 Å². The second-order valence-electron chi connectivity index (χ2n) is 5.05. The summed E-state index contributed by atoms with van der Waals surface area (Å²) in [7, 11) is 0. The van der Waals surface area contributed by atoms with E-state index in [1.807, 2.05) is 31.2 Å². The molecule has 7 heteroatoms. The fourth-order valence-electron chi connectivity index (χ4n) is 2.21. The number of nitrogens with one attached hydrogen (secondary N) is 2. The standard InChI is InChI=1S/C16H15N5O2/c1-11(20-16(23)14-8-17-7-6-15(14)22)12-2-4-13(5-3-12)21-10-18-9-19-21/h2-11H,1H3,(H,17,22)(H,20,23)/t11-/m1/s1. The molecular weight excluding hydrogens is 294 g/mol.